The number of halogens is 1. The average Bonchev–Trinajstić information content (AvgIpc) is 3.11. The van der Waals surface area contributed by atoms with Gasteiger partial charge in [0.25, 0.3) is 0 Å². The summed E-state index contributed by atoms with van der Waals surface area (Å²) >= 11 is 0. The van der Waals surface area contributed by atoms with E-state index in [-0.39, 0.29) is 41.9 Å². The Morgan fingerprint density at radius 3 is 2.44 bits per heavy atom. The van der Waals surface area contributed by atoms with E-state index in [0.29, 0.717) is 5.89 Å². The van der Waals surface area contributed by atoms with Gasteiger partial charge in [-0.1, -0.05) is 32.9 Å². The fraction of sp³-hybridized carbons (Fsp3) is 0.842. The molecule has 0 saturated heterocycles. The van der Waals surface area contributed by atoms with Crippen molar-refractivity contribution in [2.75, 3.05) is 26.2 Å². The lowest BCUT2D eigenvalue weighted by Gasteiger charge is -2.29. The molecule has 0 aromatic carbocycles. The third kappa shape index (κ3) is 9.23. The second-order valence-corrected chi connectivity index (χ2v) is 7.11. The summed E-state index contributed by atoms with van der Waals surface area (Å²) in [6, 6.07) is 0. The maximum absolute atomic E-state index is 9.35. The first-order valence-corrected chi connectivity index (χ1v) is 9.95. The molecular weight excluding hydrogens is 457 g/mol. The van der Waals surface area contributed by atoms with Crippen molar-refractivity contribution in [3.05, 3.63) is 11.7 Å². The molecule has 1 aromatic rings. The van der Waals surface area contributed by atoms with Crippen LogP contribution in [0.2, 0.25) is 0 Å². The van der Waals surface area contributed by atoms with Gasteiger partial charge in [-0.3, -0.25) is 4.99 Å². The molecule has 1 aromatic heterocycles. The van der Waals surface area contributed by atoms with Crippen LogP contribution in [0.4, 0.5) is 0 Å². The van der Waals surface area contributed by atoms with E-state index in [1.807, 2.05) is 0 Å². The molecule has 0 bridgehead atoms. The number of aryl methyl sites for hydroxylation is 1. The van der Waals surface area contributed by atoms with Crippen LogP contribution in [0.25, 0.3) is 0 Å². The van der Waals surface area contributed by atoms with Gasteiger partial charge in [0.1, 0.15) is 0 Å². The van der Waals surface area contributed by atoms with Gasteiger partial charge in [0, 0.05) is 38.6 Å². The zero-order chi connectivity index (χ0) is 19.4. The van der Waals surface area contributed by atoms with Crippen LogP contribution in [0.15, 0.2) is 9.52 Å². The molecule has 0 saturated carbocycles. The Hall–Kier alpha value is -0.900. The molecule has 0 unspecified atom stereocenters. The third-order valence-electron chi connectivity index (χ3n) is 4.92. The lowest BCUT2D eigenvalue weighted by molar-refractivity contribution is 0.175. The monoisotopic (exact) mass is 495 g/mol. The summed E-state index contributed by atoms with van der Waals surface area (Å²) in [5.74, 6) is 2.57. The van der Waals surface area contributed by atoms with E-state index in [1.54, 1.807) is 0 Å². The van der Waals surface area contributed by atoms with Gasteiger partial charge in [0.05, 0.1) is 0 Å². The van der Waals surface area contributed by atoms with Crippen molar-refractivity contribution in [3.8, 4) is 0 Å². The smallest absolute Gasteiger partial charge is 0.226 e. The Labute approximate surface area is 181 Å². The Kier molecular flexibility index (Phi) is 13.7. The zero-order valence-electron chi connectivity index (χ0n) is 17.5. The third-order valence-corrected chi connectivity index (χ3v) is 4.92. The number of nitrogens with one attached hydrogen (secondary N) is 2. The van der Waals surface area contributed by atoms with E-state index in [2.05, 4.69) is 55.4 Å². The van der Waals surface area contributed by atoms with E-state index in [4.69, 9.17) is 9.52 Å². The van der Waals surface area contributed by atoms with Gasteiger partial charge in [0.2, 0.25) is 5.89 Å². The minimum Gasteiger partial charge on any atom is -0.396 e. The highest BCUT2D eigenvalue weighted by Crippen LogP contribution is 2.30. The lowest BCUT2D eigenvalue weighted by Crippen LogP contribution is -2.39. The molecule has 1 rings (SSSR count). The highest BCUT2D eigenvalue weighted by atomic mass is 127. The molecule has 0 aliphatic rings. The van der Waals surface area contributed by atoms with Crippen LogP contribution in [0.5, 0.6) is 0 Å². The Morgan fingerprint density at radius 2 is 1.93 bits per heavy atom. The second kappa shape index (κ2) is 14.1. The van der Waals surface area contributed by atoms with Crippen LogP contribution in [0, 0.1) is 5.41 Å². The fourth-order valence-corrected chi connectivity index (χ4v) is 2.78. The van der Waals surface area contributed by atoms with Crippen LogP contribution in [0.3, 0.4) is 0 Å². The van der Waals surface area contributed by atoms with E-state index >= 15 is 0 Å². The van der Waals surface area contributed by atoms with Gasteiger partial charge in [-0.15, -0.1) is 24.0 Å². The zero-order valence-corrected chi connectivity index (χ0v) is 19.9. The average molecular weight is 495 g/mol. The maximum atomic E-state index is 9.35. The van der Waals surface area contributed by atoms with Crippen molar-refractivity contribution in [2.45, 2.75) is 72.6 Å². The van der Waals surface area contributed by atoms with E-state index in [1.165, 1.54) is 0 Å². The highest BCUT2D eigenvalue weighted by Gasteiger charge is 2.25. The van der Waals surface area contributed by atoms with Crippen molar-refractivity contribution < 1.29 is 9.63 Å². The first-order valence-electron chi connectivity index (χ1n) is 9.95. The summed E-state index contributed by atoms with van der Waals surface area (Å²) in [7, 11) is 0. The van der Waals surface area contributed by atoms with Gasteiger partial charge in [-0.05, 0) is 38.0 Å². The van der Waals surface area contributed by atoms with Gasteiger partial charge in [0.15, 0.2) is 11.8 Å². The van der Waals surface area contributed by atoms with E-state index in [0.717, 1.165) is 63.5 Å². The normalized spacial score (nSPS) is 12.2. The van der Waals surface area contributed by atoms with E-state index < -0.39 is 0 Å². The molecule has 27 heavy (non-hydrogen) atoms. The van der Waals surface area contributed by atoms with Gasteiger partial charge in [-0.2, -0.15) is 4.98 Å². The number of hydrogen-bond acceptors (Lipinski definition) is 5. The first-order chi connectivity index (χ1) is 12.5. The van der Waals surface area contributed by atoms with Gasteiger partial charge < -0.3 is 20.3 Å². The molecule has 0 amide bonds. The topological polar surface area (TPSA) is 95.6 Å². The molecule has 8 heteroatoms. The predicted octanol–water partition coefficient (Wildman–Crippen LogP) is 3.49. The van der Waals surface area contributed by atoms with Crippen LogP contribution in [-0.2, 0) is 6.42 Å². The summed E-state index contributed by atoms with van der Waals surface area (Å²) < 4.78 is 5.27. The number of aliphatic imine (C=N–C) groups is 1. The minimum atomic E-state index is 0. The molecule has 0 aliphatic carbocycles. The van der Waals surface area contributed by atoms with Gasteiger partial charge in [-0.25, -0.2) is 0 Å². The molecule has 1 heterocycles. The quantitative estimate of drug-likeness (QED) is 0.178. The Morgan fingerprint density at radius 1 is 1.22 bits per heavy atom. The molecule has 158 valence electrons. The Bertz CT molecular complexity index is 530. The maximum Gasteiger partial charge on any atom is 0.226 e. The number of nitrogens with zero attached hydrogens (tertiary/aromatic N) is 3. The SMILES string of the molecule is CCNC(=NCC(CC)(CC)CCO)NCCCc1nc(C(C)C)no1.I. The molecule has 3 N–H and O–H groups in total. The largest absolute Gasteiger partial charge is 0.396 e. The number of rotatable bonds is 12. The summed E-state index contributed by atoms with van der Waals surface area (Å²) in [6.45, 7) is 13.0. The van der Waals surface area contributed by atoms with Crippen LogP contribution >= 0.6 is 24.0 Å². The Balaban J connectivity index is 0.00000676. The van der Waals surface area contributed by atoms with Crippen molar-refractivity contribution in [1.82, 2.24) is 20.8 Å². The van der Waals surface area contributed by atoms with Crippen LogP contribution in [-0.4, -0.2) is 47.4 Å². The standard InChI is InChI=1S/C19H37N5O2.HI/c1-6-19(7-2,11-13-25)14-22-18(20-8-3)21-12-9-10-16-23-17(15(4)5)24-26-16;/h15,25H,6-14H2,1-5H3,(H2,20,21,22);1H. The van der Waals surface area contributed by atoms with Crippen molar-refractivity contribution in [2.24, 2.45) is 10.4 Å². The number of aromatic nitrogens is 2. The van der Waals surface area contributed by atoms with Crippen molar-refractivity contribution in [3.63, 3.8) is 0 Å². The van der Waals surface area contributed by atoms with Crippen LogP contribution < -0.4 is 10.6 Å². The van der Waals surface area contributed by atoms with Crippen LogP contribution in [0.1, 0.15) is 77.9 Å². The summed E-state index contributed by atoms with van der Waals surface area (Å²) in [4.78, 5) is 9.15. The highest BCUT2D eigenvalue weighted by molar-refractivity contribution is 14.0. The predicted molar refractivity (Wildman–Crippen MR) is 121 cm³/mol. The molecule has 0 spiro atoms. The number of aliphatic hydroxyl groups is 1. The minimum absolute atomic E-state index is 0. The van der Waals surface area contributed by atoms with Crippen molar-refractivity contribution >= 4 is 29.9 Å². The molecular formula is C19H38IN5O2. The number of aliphatic hydroxyl groups excluding tert-OH is 1. The molecule has 0 fully saturated rings. The fourth-order valence-electron chi connectivity index (χ4n) is 2.78. The number of hydrogen-bond donors (Lipinski definition) is 3. The summed E-state index contributed by atoms with van der Waals surface area (Å²) in [5.41, 5.74) is 0.0775. The lowest BCUT2D eigenvalue weighted by atomic mass is 9.79. The molecule has 0 radical (unpaired) electrons. The summed E-state index contributed by atoms with van der Waals surface area (Å²) in [5, 5.41) is 20.0. The van der Waals surface area contributed by atoms with Crippen molar-refractivity contribution in [1.29, 1.82) is 0 Å². The second-order valence-electron chi connectivity index (χ2n) is 7.11. The van der Waals surface area contributed by atoms with Gasteiger partial charge >= 0.3 is 0 Å². The molecule has 0 aliphatic heterocycles. The molecule has 7 nitrogen and oxygen atoms in total. The van der Waals surface area contributed by atoms with E-state index in [9.17, 15) is 5.11 Å². The first kappa shape index (κ1) is 26.1. The molecule has 0 atom stereocenters. The number of guanidine groups is 1. The summed E-state index contributed by atoms with van der Waals surface area (Å²) in [6.07, 6.45) is 4.47.